The van der Waals surface area contributed by atoms with Crippen LogP contribution in [0.15, 0.2) is 53.4 Å². The summed E-state index contributed by atoms with van der Waals surface area (Å²) in [6, 6.07) is 14.6. The molecule has 0 radical (unpaired) electrons. The molecule has 0 aliphatic carbocycles. The number of hydrogen-bond donors (Lipinski definition) is 0. The summed E-state index contributed by atoms with van der Waals surface area (Å²) in [5.74, 6) is 0.0632. The molecule has 3 rings (SSSR count). The van der Waals surface area contributed by atoms with E-state index in [4.69, 9.17) is 4.74 Å². The number of sulfonamides is 1. The van der Waals surface area contributed by atoms with Crippen molar-refractivity contribution in [3.63, 3.8) is 0 Å². The Kier molecular flexibility index (Phi) is 9.11. The van der Waals surface area contributed by atoms with Crippen molar-refractivity contribution in [2.24, 2.45) is 0 Å². The number of methoxy groups -OCH3 is 2. The van der Waals surface area contributed by atoms with E-state index in [0.717, 1.165) is 5.56 Å². The highest BCUT2D eigenvalue weighted by atomic mass is 32.2. The first-order chi connectivity index (χ1) is 16.8. The lowest BCUT2D eigenvalue weighted by Gasteiger charge is -2.37. The molecule has 190 valence electrons. The average Bonchev–Trinajstić information content (AvgIpc) is 2.90. The van der Waals surface area contributed by atoms with Gasteiger partial charge in [-0.1, -0.05) is 30.3 Å². The maximum Gasteiger partial charge on any atom is 0.306 e. The maximum atomic E-state index is 13.3. The van der Waals surface area contributed by atoms with Gasteiger partial charge in [0.1, 0.15) is 5.75 Å². The van der Waals surface area contributed by atoms with Crippen molar-refractivity contribution in [1.29, 1.82) is 0 Å². The smallest absolute Gasteiger partial charge is 0.306 e. The van der Waals surface area contributed by atoms with Gasteiger partial charge < -0.3 is 19.3 Å². The number of ether oxygens (including phenoxy) is 2. The molecule has 2 aromatic rings. The van der Waals surface area contributed by atoms with Gasteiger partial charge in [-0.2, -0.15) is 0 Å². The van der Waals surface area contributed by atoms with Gasteiger partial charge in [-0.3, -0.25) is 9.59 Å². The minimum atomic E-state index is -3.69. The lowest BCUT2D eigenvalue weighted by Crippen LogP contribution is -2.49. The summed E-state index contributed by atoms with van der Waals surface area (Å²) in [4.78, 5) is 27.6. The predicted molar refractivity (Wildman–Crippen MR) is 133 cm³/mol. The summed E-state index contributed by atoms with van der Waals surface area (Å²) >= 11 is 0. The van der Waals surface area contributed by atoms with E-state index in [9.17, 15) is 18.0 Å². The third-order valence-corrected chi connectivity index (χ3v) is 8.01. The van der Waals surface area contributed by atoms with Gasteiger partial charge in [-0.15, -0.1) is 0 Å². The number of likely N-dealkylation sites (N-methyl/N-ethyl adjacent to an activating group) is 1. The molecule has 0 spiro atoms. The normalized spacial score (nSPS) is 14.2. The summed E-state index contributed by atoms with van der Waals surface area (Å²) in [7, 11) is 0.737. The van der Waals surface area contributed by atoms with Gasteiger partial charge in [0, 0.05) is 46.2 Å². The van der Waals surface area contributed by atoms with Crippen molar-refractivity contribution in [3.05, 3.63) is 54.1 Å². The molecule has 0 bridgehead atoms. The number of carbonyl (C=O) groups excluding carboxylic acids is 2. The van der Waals surface area contributed by atoms with Crippen molar-refractivity contribution in [2.45, 2.75) is 24.2 Å². The van der Waals surface area contributed by atoms with E-state index in [-0.39, 0.29) is 23.6 Å². The van der Waals surface area contributed by atoms with Crippen molar-refractivity contribution in [2.75, 3.05) is 58.9 Å². The Balaban J connectivity index is 1.68. The second kappa shape index (κ2) is 12.0. The van der Waals surface area contributed by atoms with Crippen LogP contribution in [0.25, 0.3) is 0 Å². The van der Waals surface area contributed by atoms with Crippen LogP contribution >= 0.6 is 0 Å². The highest BCUT2D eigenvalue weighted by Gasteiger charge is 2.26. The quantitative estimate of drug-likeness (QED) is 0.459. The Labute approximate surface area is 207 Å². The summed E-state index contributed by atoms with van der Waals surface area (Å²) in [5.41, 5.74) is 1.75. The summed E-state index contributed by atoms with van der Waals surface area (Å²) in [6.07, 6.45) is 0.783. The Bertz CT molecular complexity index is 1120. The van der Waals surface area contributed by atoms with Crippen LogP contribution in [0.5, 0.6) is 5.75 Å². The standard InChI is InChI=1S/C25H33N3O6S/c1-26(14-13-20-7-5-4-6-8-20)35(31,32)21-9-10-23(33-2)22(19-21)27-15-17-28(18-16-27)24(29)11-12-25(30)34-3/h4-10,19H,11-18H2,1-3H3. The van der Waals surface area contributed by atoms with Crippen LogP contribution in [0, 0.1) is 0 Å². The van der Waals surface area contributed by atoms with E-state index in [0.29, 0.717) is 50.6 Å². The molecule has 1 saturated heterocycles. The first-order valence-corrected chi connectivity index (χ1v) is 13.0. The molecule has 9 nitrogen and oxygen atoms in total. The number of hydrogen-bond acceptors (Lipinski definition) is 7. The molecular formula is C25H33N3O6S. The molecule has 0 saturated carbocycles. The first-order valence-electron chi connectivity index (χ1n) is 11.5. The molecule has 0 atom stereocenters. The van der Waals surface area contributed by atoms with Gasteiger partial charge >= 0.3 is 5.97 Å². The second-order valence-corrected chi connectivity index (χ2v) is 10.4. The van der Waals surface area contributed by atoms with Crippen molar-refractivity contribution in [3.8, 4) is 5.75 Å². The number of benzene rings is 2. The van der Waals surface area contributed by atoms with E-state index in [1.54, 1.807) is 37.3 Å². The van der Waals surface area contributed by atoms with Crippen molar-refractivity contribution >= 4 is 27.6 Å². The molecule has 10 heteroatoms. The molecule has 1 aliphatic heterocycles. The van der Waals surface area contributed by atoms with Gasteiger partial charge in [0.15, 0.2) is 0 Å². The zero-order chi connectivity index (χ0) is 25.4. The molecule has 0 aromatic heterocycles. The van der Waals surface area contributed by atoms with E-state index in [1.165, 1.54) is 11.4 Å². The van der Waals surface area contributed by atoms with Gasteiger partial charge in [-0.05, 0) is 30.2 Å². The highest BCUT2D eigenvalue weighted by molar-refractivity contribution is 7.89. The molecule has 0 unspecified atom stereocenters. The van der Waals surface area contributed by atoms with Crippen LogP contribution < -0.4 is 9.64 Å². The zero-order valence-electron chi connectivity index (χ0n) is 20.5. The molecule has 1 heterocycles. The van der Waals surface area contributed by atoms with Crippen LogP contribution in [0.2, 0.25) is 0 Å². The number of amides is 1. The monoisotopic (exact) mass is 503 g/mol. The second-order valence-electron chi connectivity index (χ2n) is 8.34. The van der Waals surface area contributed by atoms with Crippen molar-refractivity contribution in [1.82, 2.24) is 9.21 Å². The van der Waals surface area contributed by atoms with E-state index < -0.39 is 16.0 Å². The lowest BCUT2D eigenvalue weighted by molar-refractivity contribution is -0.143. The summed E-state index contributed by atoms with van der Waals surface area (Å²) < 4.78 is 38.0. The summed E-state index contributed by atoms with van der Waals surface area (Å²) in [6.45, 7) is 2.34. The topological polar surface area (TPSA) is 96.5 Å². The van der Waals surface area contributed by atoms with Crippen LogP contribution in [-0.2, 0) is 30.8 Å². The van der Waals surface area contributed by atoms with Crippen LogP contribution in [0.4, 0.5) is 5.69 Å². The molecular weight excluding hydrogens is 470 g/mol. The third-order valence-electron chi connectivity index (χ3n) is 6.16. The average molecular weight is 504 g/mol. The van der Waals surface area contributed by atoms with E-state index >= 15 is 0 Å². The number of carbonyl (C=O) groups is 2. The van der Waals surface area contributed by atoms with Crippen LogP contribution in [0.3, 0.4) is 0 Å². The number of rotatable bonds is 10. The van der Waals surface area contributed by atoms with Crippen molar-refractivity contribution < 1.29 is 27.5 Å². The SMILES string of the molecule is COC(=O)CCC(=O)N1CCN(c2cc(S(=O)(=O)N(C)CCc3ccccc3)ccc2OC)CC1. The fourth-order valence-electron chi connectivity index (χ4n) is 3.97. The van der Waals surface area contributed by atoms with Crippen LogP contribution in [0.1, 0.15) is 18.4 Å². The number of piperazine rings is 1. The van der Waals surface area contributed by atoms with Gasteiger partial charge in [-0.25, -0.2) is 12.7 Å². The Morgan fingerprint density at radius 2 is 1.66 bits per heavy atom. The zero-order valence-corrected chi connectivity index (χ0v) is 21.3. The van der Waals surface area contributed by atoms with E-state index in [1.807, 2.05) is 35.2 Å². The fraction of sp³-hybridized carbons (Fsp3) is 0.440. The fourth-order valence-corrected chi connectivity index (χ4v) is 5.17. The summed E-state index contributed by atoms with van der Waals surface area (Å²) in [5, 5.41) is 0. The molecule has 1 aliphatic rings. The van der Waals surface area contributed by atoms with Gasteiger partial charge in [0.2, 0.25) is 15.9 Å². The Morgan fingerprint density at radius 3 is 2.29 bits per heavy atom. The molecule has 0 N–H and O–H groups in total. The Morgan fingerprint density at radius 1 is 0.971 bits per heavy atom. The molecule has 1 amide bonds. The highest BCUT2D eigenvalue weighted by Crippen LogP contribution is 2.32. The van der Waals surface area contributed by atoms with Gasteiger partial charge in [0.25, 0.3) is 0 Å². The third kappa shape index (κ3) is 6.73. The van der Waals surface area contributed by atoms with Gasteiger partial charge in [0.05, 0.1) is 31.2 Å². The minimum absolute atomic E-state index is 0.0566. The first kappa shape index (κ1) is 26.5. The number of esters is 1. The Hall–Kier alpha value is -3.11. The lowest BCUT2D eigenvalue weighted by atomic mass is 10.2. The molecule has 2 aromatic carbocycles. The van der Waals surface area contributed by atoms with E-state index in [2.05, 4.69) is 4.74 Å². The largest absolute Gasteiger partial charge is 0.495 e. The minimum Gasteiger partial charge on any atom is -0.495 e. The maximum absolute atomic E-state index is 13.3. The number of nitrogens with zero attached hydrogens (tertiary/aromatic N) is 3. The number of anilines is 1. The molecule has 35 heavy (non-hydrogen) atoms. The predicted octanol–water partition coefficient (Wildman–Crippen LogP) is 2.16. The molecule has 1 fully saturated rings. The van der Waals surface area contributed by atoms with Crippen LogP contribution in [-0.4, -0.2) is 83.5 Å².